The van der Waals surface area contributed by atoms with Crippen LogP contribution in [0.3, 0.4) is 0 Å². The molecule has 1 saturated heterocycles. The number of hydrogen-bond acceptors (Lipinski definition) is 2. The number of nitrogens with zero attached hydrogens (tertiary/aromatic N) is 1. The third kappa shape index (κ3) is 3.35. The lowest BCUT2D eigenvalue weighted by molar-refractivity contribution is 0.363. The van der Waals surface area contributed by atoms with Crippen molar-refractivity contribution in [3.05, 3.63) is 29.6 Å². The number of halogens is 4. The second-order valence-corrected chi connectivity index (χ2v) is 7.15. The largest absolute Gasteiger partial charge is 0.249 e. The molecule has 118 valence electrons. The normalized spacial score (nSPS) is 20.1. The first-order chi connectivity index (χ1) is 9.87. The van der Waals surface area contributed by atoms with Gasteiger partial charge in [-0.05, 0) is 25.7 Å². The summed E-state index contributed by atoms with van der Waals surface area (Å²) in [7, 11) is -4.32. The van der Waals surface area contributed by atoms with E-state index in [4.69, 9.17) is 11.6 Å². The number of sulfonamides is 1. The van der Waals surface area contributed by atoms with Gasteiger partial charge in [0.15, 0.2) is 4.90 Å². The Kier molecular flexibility index (Phi) is 5.16. The number of rotatable bonds is 5. The van der Waals surface area contributed by atoms with Crippen LogP contribution in [0.4, 0.5) is 13.2 Å². The lowest BCUT2D eigenvalue weighted by atomic mass is 10.1. The van der Waals surface area contributed by atoms with Crippen LogP contribution in [-0.4, -0.2) is 31.2 Å². The fourth-order valence-corrected chi connectivity index (χ4v) is 4.59. The van der Waals surface area contributed by atoms with Gasteiger partial charge in [0.1, 0.15) is 17.5 Å². The van der Waals surface area contributed by atoms with Crippen molar-refractivity contribution in [3.63, 3.8) is 0 Å². The average molecular weight is 342 g/mol. The van der Waals surface area contributed by atoms with Crippen molar-refractivity contribution in [1.29, 1.82) is 0 Å². The zero-order chi connectivity index (χ0) is 15.6. The molecule has 0 aromatic heterocycles. The molecule has 0 radical (unpaired) electrons. The molecule has 0 aliphatic carbocycles. The summed E-state index contributed by atoms with van der Waals surface area (Å²) in [6, 6.07) is 0.428. The molecule has 1 aromatic carbocycles. The predicted molar refractivity (Wildman–Crippen MR) is 73.2 cm³/mol. The van der Waals surface area contributed by atoms with Crippen molar-refractivity contribution in [1.82, 2.24) is 4.31 Å². The van der Waals surface area contributed by atoms with Gasteiger partial charge in [0.25, 0.3) is 0 Å². The van der Waals surface area contributed by atoms with Gasteiger partial charge in [-0.1, -0.05) is 0 Å². The SMILES string of the molecule is O=S(=O)(c1c(F)cc(F)cc1F)N1CCCC1CCCCl. The van der Waals surface area contributed by atoms with E-state index in [0.29, 0.717) is 43.7 Å². The highest BCUT2D eigenvalue weighted by molar-refractivity contribution is 7.89. The molecule has 1 atom stereocenters. The maximum absolute atomic E-state index is 13.7. The van der Waals surface area contributed by atoms with Crippen molar-refractivity contribution in [2.75, 3.05) is 12.4 Å². The molecule has 1 fully saturated rings. The fraction of sp³-hybridized carbons (Fsp3) is 0.538. The van der Waals surface area contributed by atoms with Crippen molar-refractivity contribution in [3.8, 4) is 0 Å². The van der Waals surface area contributed by atoms with Crippen LogP contribution in [0.15, 0.2) is 17.0 Å². The Bertz CT molecular complexity index is 601. The van der Waals surface area contributed by atoms with Crippen molar-refractivity contribution in [2.45, 2.75) is 36.6 Å². The maximum Gasteiger partial charge on any atom is 0.249 e. The van der Waals surface area contributed by atoms with Crippen molar-refractivity contribution in [2.24, 2.45) is 0 Å². The summed E-state index contributed by atoms with van der Waals surface area (Å²) in [5.74, 6) is -3.57. The Balaban J connectivity index is 2.38. The van der Waals surface area contributed by atoms with E-state index in [0.717, 1.165) is 4.31 Å². The summed E-state index contributed by atoms with van der Waals surface area (Å²) in [5, 5.41) is 0. The maximum atomic E-state index is 13.7. The van der Waals surface area contributed by atoms with E-state index in [1.54, 1.807) is 0 Å². The van der Waals surface area contributed by atoms with Gasteiger partial charge in [0, 0.05) is 30.6 Å². The lowest BCUT2D eigenvalue weighted by Gasteiger charge is -2.24. The van der Waals surface area contributed by atoms with E-state index in [9.17, 15) is 21.6 Å². The summed E-state index contributed by atoms with van der Waals surface area (Å²) in [6.45, 7) is 0.200. The third-order valence-electron chi connectivity index (χ3n) is 3.52. The summed E-state index contributed by atoms with van der Waals surface area (Å²) in [6.07, 6.45) is 2.40. The zero-order valence-electron chi connectivity index (χ0n) is 11.2. The highest BCUT2D eigenvalue weighted by atomic mass is 35.5. The van der Waals surface area contributed by atoms with E-state index in [1.165, 1.54) is 0 Å². The Morgan fingerprint density at radius 3 is 2.43 bits per heavy atom. The summed E-state index contributed by atoms with van der Waals surface area (Å²) < 4.78 is 66.4. The summed E-state index contributed by atoms with van der Waals surface area (Å²) >= 11 is 5.60. The number of benzene rings is 1. The van der Waals surface area contributed by atoms with Crippen LogP contribution in [0.1, 0.15) is 25.7 Å². The van der Waals surface area contributed by atoms with Crippen molar-refractivity contribution < 1.29 is 21.6 Å². The molecule has 0 bridgehead atoms. The second-order valence-electron chi connectivity index (χ2n) is 4.94. The van der Waals surface area contributed by atoms with Crippen LogP contribution in [0, 0.1) is 17.5 Å². The molecule has 2 rings (SSSR count). The average Bonchev–Trinajstić information content (AvgIpc) is 2.83. The Morgan fingerprint density at radius 2 is 1.86 bits per heavy atom. The fourth-order valence-electron chi connectivity index (χ4n) is 2.62. The van der Waals surface area contributed by atoms with Gasteiger partial charge in [-0.25, -0.2) is 21.6 Å². The van der Waals surface area contributed by atoms with E-state index < -0.39 is 32.4 Å². The highest BCUT2D eigenvalue weighted by Gasteiger charge is 2.38. The van der Waals surface area contributed by atoms with Gasteiger partial charge in [-0.15, -0.1) is 11.6 Å². The second kappa shape index (κ2) is 6.54. The van der Waals surface area contributed by atoms with Crippen LogP contribution >= 0.6 is 11.6 Å². The van der Waals surface area contributed by atoms with Gasteiger partial charge in [0.2, 0.25) is 10.0 Å². The first-order valence-corrected chi connectivity index (χ1v) is 8.57. The smallest absolute Gasteiger partial charge is 0.207 e. The molecular weight excluding hydrogens is 327 g/mol. The molecule has 0 amide bonds. The van der Waals surface area contributed by atoms with Crippen LogP contribution < -0.4 is 0 Å². The van der Waals surface area contributed by atoms with Gasteiger partial charge in [-0.3, -0.25) is 0 Å². The first kappa shape index (κ1) is 16.6. The Labute approximate surface area is 126 Å². The molecule has 1 unspecified atom stereocenters. The Morgan fingerprint density at radius 1 is 1.24 bits per heavy atom. The van der Waals surface area contributed by atoms with E-state index in [2.05, 4.69) is 0 Å². The molecule has 21 heavy (non-hydrogen) atoms. The predicted octanol–water partition coefficient (Wildman–Crippen LogP) is 3.28. The minimum atomic E-state index is -4.32. The number of alkyl halides is 1. The molecule has 1 aliphatic heterocycles. The summed E-state index contributed by atoms with van der Waals surface area (Å²) in [4.78, 5) is -1.08. The van der Waals surface area contributed by atoms with Gasteiger partial charge in [-0.2, -0.15) is 4.31 Å². The third-order valence-corrected chi connectivity index (χ3v) is 5.80. The van der Waals surface area contributed by atoms with Crippen LogP contribution in [-0.2, 0) is 10.0 Å². The molecule has 1 aromatic rings. The first-order valence-electron chi connectivity index (χ1n) is 6.60. The molecule has 0 spiro atoms. The lowest BCUT2D eigenvalue weighted by Crippen LogP contribution is -2.36. The van der Waals surface area contributed by atoms with E-state index in [-0.39, 0.29) is 12.6 Å². The Hall–Kier alpha value is -0.790. The standard InChI is InChI=1S/C13H15ClF3NO2S/c14-5-1-3-10-4-2-6-18(10)21(19,20)13-11(16)7-9(15)8-12(13)17/h7-8,10H,1-6H2. The molecule has 0 saturated carbocycles. The minimum absolute atomic E-state index is 0.200. The van der Waals surface area contributed by atoms with E-state index in [1.807, 2.05) is 0 Å². The minimum Gasteiger partial charge on any atom is -0.207 e. The quantitative estimate of drug-likeness (QED) is 0.771. The summed E-state index contributed by atoms with van der Waals surface area (Å²) in [5.41, 5.74) is 0. The molecule has 3 nitrogen and oxygen atoms in total. The van der Waals surface area contributed by atoms with Crippen LogP contribution in [0.5, 0.6) is 0 Å². The van der Waals surface area contributed by atoms with Gasteiger partial charge in [0.05, 0.1) is 0 Å². The van der Waals surface area contributed by atoms with Crippen LogP contribution in [0.2, 0.25) is 0 Å². The molecule has 0 N–H and O–H groups in total. The molecular formula is C13H15ClF3NO2S. The van der Waals surface area contributed by atoms with Crippen molar-refractivity contribution >= 4 is 21.6 Å². The van der Waals surface area contributed by atoms with Gasteiger partial charge >= 0.3 is 0 Å². The molecule has 1 heterocycles. The number of hydrogen-bond donors (Lipinski definition) is 0. The molecule has 1 aliphatic rings. The van der Waals surface area contributed by atoms with Crippen LogP contribution in [0.25, 0.3) is 0 Å². The molecule has 8 heteroatoms. The van der Waals surface area contributed by atoms with Gasteiger partial charge < -0.3 is 0 Å². The monoisotopic (exact) mass is 341 g/mol. The highest BCUT2D eigenvalue weighted by Crippen LogP contribution is 2.31. The topological polar surface area (TPSA) is 37.4 Å². The van der Waals surface area contributed by atoms with E-state index >= 15 is 0 Å². The zero-order valence-corrected chi connectivity index (χ0v) is 12.7.